The molecule has 1 N–H and O–H groups in total. The Labute approximate surface area is 153 Å². The molecule has 0 unspecified atom stereocenters. The summed E-state index contributed by atoms with van der Waals surface area (Å²) in [5, 5.41) is 9.57. The van der Waals surface area contributed by atoms with Crippen molar-refractivity contribution in [3.05, 3.63) is 47.5 Å². The molecule has 0 heterocycles. The number of hydrogen-bond donors (Lipinski definition) is 1. The number of benzene rings is 2. The molecular formula is C22H26F2O2. The van der Waals surface area contributed by atoms with Crippen molar-refractivity contribution in [3.63, 3.8) is 0 Å². The van der Waals surface area contributed by atoms with E-state index in [9.17, 15) is 13.9 Å². The van der Waals surface area contributed by atoms with Crippen LogP contribution in [0.3, 0.4) is 0 Å². The Morgan fingerprint density at radius 3 is 2.50 bits per heavy atom. The molecule has 0 spiro atoms. The van der Waals surface area contributed by atoms with Crippen molar-refractivity contribution in [2.45, 2.75) is 57.8 Å². The average Bonchev–Trinajstić information content (AvgIpc) is 2.60. The van der Waals surface area contributed by atoms with Gasteiger partial charge in [0.15, 0.2) is 0 Å². The van der Waals surface area contributed by atoms with E-state index in [0.717, 1.165) is 18.4 Å². The molecule has 140 valence electrons. The number of halogens is 2. The lowest BCUT2D eigenvalue weighted by Crippen LogP contribution is -2.22. The number of phenolic OH excluding ortho intramolecular Hbond substituents is 1. The molecule has 2 aromatic carbocycles. The van der Waals surface area contributed by atoms with Crippen molar-refractivity contribution >= 4 is 0 Å². The number of unbranched alkanes of at least 4 members (excludes halogenated alkanes) is 5. The van der Waals surface area contributed by atoms with Gasteiger partial charge in [-0.2, -0.15) is 0 Å². The summed E-state index contributed by atoms with van der Waals surface area (Å²) >= 11 is 0. The Hall–Kier alpha value is -2.10. The highest BCUT2D eigenvalue weighted by atomic mass is 19.3. The van der Waals surface area contributed by atoms with E-state index in [1.165, 1.54) is 43.9 Å². The van der Waals surface area contributed by atoms with Crippen LogP contribution in [-0.4, -0.2) is 11.7 Å². The number of rotatable bonds is 8. The smallest absolute Gasteiger partial charge is 0.277 e. The van der Waals surface area contributed by atoms with E-state index in [1.807, 2.05) is 0 Å². The second kappa shape index (κ2) is 8.07. The highest BCUT2D eigenvalue weighted by molar-refractivity contribution is 5.75. The minimum absolute atomic E-state index is 0.0103. The molecule has 4 heteroatoms. The average molecular weight is 360 g/mol. The second-order valence-corrected chi connectivity index (χ2v) is 7.05. The normalized spacial score (nSPS) is 14.6. The zero-order valence-corrected chi connectivity index (χ0v) is 15.2. The zero-order chi connectivity index (χ0) is 18.6. The van der Waals surface area contributed by atoms with Crippen LogP contribution >= 0.6 is 0 Å². The maximum atomic E-state index is 14.6. The summed E-state index contributed by atoms with van der Waals surface area (Å²) in [7, 11) is 0. The fourth-order valence-electron chi connectivity index (χ4n) is 3.55. The molecule has 26 heavy (non-hydrogen) atoms. The number of hydrogen-bond acceptors (Lipinski definition) is 2. The molecule has 0 saturated heterocycles. The third kappa shape index (κ3) is 4.17. The van der Waals surface area contributed by atoms with E-state index in [0.29, 0.717) is 23.5 Å². The zero-order valence-electron chi connectivity index (χ0n) is 15.2. The van der Waals surface area contributed by atoms with E-state index in [4.69, 9.17) is 4.74 Å². The Morgan fingerprint density at radius 2 is 1.69 bits per heavy atom. The quantitative estimate of drug-likeness (QED) is 0.548. The minimum Gasteiger partial charge on any atom is -0.508 e. The summed E-state index contributed by atoms with van der Waals surface area (Å²) in [5.74, 6) is -2.45. The van der Waals surface area contributed by atoms with Crippen molar-refractivity contribution in [1.29, 1.82) is 0 Å². The Morgan fingerprint density at radius 1 is 0.962 bits per heavy atom. The maximum Gasteiger partial charge on any atom is 0.277 e. The maximum absolute atomic E-state index is 14.6. The predicted octanol–water partition coefficient (Wildman–Crippen LogP) is 6.45. The van der Waals surface area contributed by atoms with Crippen LogP contribution in [0, 0.1) is 0 Å². The molecule has 0 aliphatic heterocycles. The van der Waals surface area contributed by atoms with Gasteiger partial charge in [0, 0.05) is 12.0 Å². The second-order valence-electron chi connectivity index (χ2n) is 7.05. The first-order valence-corrected chi connectivity index (χ1v) is 9.48. The monoisotopic (exact) mass is 360 g/mol. The molecule has 0 aromatic heterocycles. The number of alkyl halides is 2. The van der Waals surface area contributed by atoms with Gasteiger partial charge in [0.2, 0.25) is 0 Å². The van der Waals surface area contributed by atoms with E-state index in [2.05, 4.69) is 6.92 Å². The molecule has 0 radical (unpaired) electrons. The summed E-state index contributed by atoms with van der Waals surface area (Å²) in [5.41, 5.74) is 1.76. The lowest BCUT2D eigenvalue weighted by molar-refractivity contribution is -0.00506. The van der Waals surface area contributed by atoms with Crippen LogP contribution in [0.5, 0.6) is 11.5 Å². The predicted molar refractivity (Wildman–Crippen MR) is 100 cm³/mol. The van der Waals surface area contributed by atoms with E-state index in [1.54, 1.807) is 18.2 Å². The van der Waals surface area contributed by atoms with Gasteiger partial charge in [-0.15, -0.1) is 0 Å². The van der Waals surface area contributed by atoms with Crippen LogP contribution in [0.1, 0.15) is 56.6 Å². The van der Waals surface area contributed by atoms with Crippen molar-refractivity contribution in [1.82, 2.24) is 0 Å². The van der Waals surface area contributed by atoms with E-state index >= 15 is 0 Å². The summed E-state index contributed by atoms with van der Waals surface area (Å²) in [6.45, 7) is 2.75. The first-order valence-electron chi connectivity index (χ1n) is 9.48. The number of fused-ring (bicyclic) bond motifs is 3. The number of ether oxygens (including phenoxy) is 1. The standard InChI is InChI=1S/C22H26F2O2/c1-2-3-4-5-6-7-12-26-18-9-11-20-19-10-8-17(25)13-16(19)15-22(23,24)21(20)14-18/h8-11,13-14,25H,2-7,12,15H2,1H3. The molecule has 1 aliphatic rings. The van der Waals surface area contributed by atoms with Gasteiger partial charge in [0.1, 0.15) is 11.5 Å². The van der Waals surface area contributed by atoms with Gasteiger partial charge in [0.05, 0.1) is 6.61 Å². The van der Waals surface area contributed by atoms with Gasteiger partial charge < -0.3 is 9.84 Å². The van der Waals surface area contributed by atoms with Gasteiger partial charge >= 0.3 is 0 Å². The van der Waals surface area contributed by atoms with Crippen LogP contribution in [0.15, 0.2) is 36.4 Å². The van der Waals surface area contributed by atoms with Crippen molar-refractivity contribution in [3.8, 4) is 22.6 Å². The molecule has 0 saturated carbocycles. The molecule has 0 atom stereocenters. The van der Waals surface area contributed by atoms with Crippen LogP contribution in [0.4, 0.5) is 8.78 Å². The molecule has 0 amide bonds. The van der Waals surface area contributed by atoms with Crippen molar-refractivity contribution in [2.24, 2.45) is 0 Å². The minimum atomic E-state index is -2.96. The molecular weight excluding hydrogens is 334 g/mol. The van der Waals surface area contributed by atoms with Gasteiger partial charge in [-0.25, -0.2) is 8.78 Å². The fourth-order valence-corrected chi connectivity index (χ4v) is 3.55. The lowest BCUT2D eigenvalue weighted by Gasteiger charge is -2.28. The number of aromatic hydroxyl groups is 1. The molecule has 2 aromatic rings. The van der Waals surface area contributed by atoms with Gasteiger partial charge in [-0.1, -0.05) is 51.2 Å². The highest BCUT2D eigenvalue weighted by Crippen LogP contribution is 2.47. The first-order chi connectivity index (χ1) is 12.5. The van der Waals surface area contributed by atoms with Gasteiger partial charge in [-0.05, 0) is 47.4 Å². The van der Waals surface area contributed by atoms with Crippen LogP contribution < -0.4 is 4.74 Å². The Balaban J connectivity index is 1.69. The van der Waals surface area contributed by atoms with E-state index in [-0.39, 0.29) is 11.3 Å². The van der Waals surface area contributed by atoms with Crippen molar-refractivity contribution < 1.29 is 18.6 Å². The summed E-state index contributed by atoms with van der Waals surface area (Å²) in [4.78, 5) is 0. The third-order valence-electron chi connectivity index (χ3n) is 4.94. The van der Waals surface area contributed by atoms with Gasteiger partial charge in [0.25, 0.3) is 5.92 Å². The SMILES string of the molecule is CCCCCCCCOc1ccc2c(c1)C(F)(F)Cc1cc(O)ccc1-2. The molecule has 0 bridgehead atoms. The van der Waals surface area contributed by atoms with Gasteiger partial charge in [-0.3, -0.25) is 0 Å². The Bertz CT molecular complexity index is 756. The highest BCUT2D eigenvalue weighted by Gasteiger charge is 2.39. The molecule has 0 fully saturated rings. The largest absolute Gasteiger partial charge is 0.508 e. The molecule has 2 nitrogen and oxygen atoms in total. The summed E-state index contributed by atoms with van der Waals surface area (Å²) in [6.07, 6.45) is 6.59. The van der Waals surface area contributed by atoms with Crippen LogP contribution in [0.25, 0.3) is 11.1 Å². The molecule has 1 aliphatic carbocycles. The lowest BCUT2D eigenvalue weighted by atomic mass is 9.83. The fraction of sp³-hybridized carbons (Fsp3) is 0.455. The number of phenols is 1. The topological polar surface area (TPSA) is 29.5 Å². The summed E-state index contributed by atoms with van der Waals surface area (Å²) in [6, 6.07) is 9.60. The Kier molecular flexibility index (Phi) is 5.80. The third-order valence-corrected chi connectivity index (χ3v) is 4.94. The van der Waals surface area contributed by atoms with E-state index < -0.39 is 12.3 Å². The van der Waals surface area contributed by atoms with Crippen LogP contribution in [-0.2, 0) is 12.3 Å². The summed E-state index contributed by atoms with van der Waals surface area (Å²) < 4.78 is 34.9. The first kappa shape index (κ1) is 18.7. The molecule has 3 rings (SSSR count). The van der Waals surface area contributed by atoms with Crippen LogP contribution in [0.2, 0.25) is 0 Å². The van der Waals surface area contributed by atoms with Crippen molar-refractivity contribution in [2.75, 3.05) is 6.61 Å².